The Bertz CT molecular complexity index is 2190. The van der Waals surface area contributed by atoms with Gasteiger partial charge in [-0.3, -0.25) is 14.4 Å². The van der Waals surface area contributed by atoms with Crippen LogP contribution in [0.25, 0.3) is 27.7 Å². The Labute approximate surface area is 269 Å². The SMILES string of the molecule is [2H]C1[C@@H](C(=O)Nc2nc(C(F)(F)F)ccc2C)N(C(=O)Cn2cc(C(C)=O)c3cc(-c4cnc5cc(C)nn5c4)cc(C)c32)[C@@H]2C[C@]12C. The van der Waals surface area contributed by atoms with Gasteiger partial charge in [-0.25, -0.2) is 14.5 Å². The first-order valence-corrected chi connectivity index (χ1v) is 15.1. The lowest BCUT2D eigenvalue weighted by molar-refractivity contribution is -0.141. The number of aromatic nitrogens is 5. The molecule has 1 saturated heterocycles. The number of anilines is 1. The number of nitrogens with zero attached hydrogens (tertiary/aromatic N) is 6. The van der Waals surface area contributed by atoms with Crippen LogP contribution >= 0.6 is 0 Å². The second-order valence-electron chi connectivity index (χ2n) is 12.8. The van der Waals surface area contributed by atoms with Crippen LogP contribution in [-0.4, -0.2) is 58.7 Å². The molecule has 242 valence electrons. The summed E-state index contributed by atoms with van der Waals surface area (Å²) in [6.45, 7) is 8.35. The number of amides is 2. The summed E-state index contributed by atoms with van der Waals surface area (Å²) in [5, 5.41) is 7.57. The largest absolute Gasteiger partial charge is 0.433 e. The van der Waals surface area contributed by atoms with Gasteiger partial charge < -0.3 is 14.8 Å². The average Bonchev–Trinajstić information content (AvgIpc) is 3.25. The fourth-order valence-electron chi connectivity index (χ4n) is 6.72. The summed E-state index contributed by atoms with van der Waals surface area (Å²) < 4.78 is 52.3. The third-order valence-corrected chi connectivity index (χ3v) is 9.21. The molecule has 47 heavy (non-hydrogen) atoms. The van der Waals surface area contributed by atoms with Crippen LogP contribution in [0.15, 0.2) is 48.9 Å². The molecule has 1 saturated carbocycles. The van der Waals surface area contributed by atoms with E-state index in [9.17, 15) is 27.6 Å². The average molecular weight is 645 g/mol. The van der Waals surface area contributed by atoms with E-state index in [2.05, 4.69) is 20.4 Å². The van der Waals surface area contributed by atoms with E-state index in [-0.39, 0.29) is 24.2 Å². The van der Waals surface area contributed by atoms with Crippen molar-refractivity contribution in [3.8, 4) is 11.1 Å². The van der Waals surface area contributed by atoms with Gasteiger partial charge in [0, 0.05) is 48.6 Å². The minimum Gasteiger partial charge on any atom is -0.337 e. The first kappa shape index (κ1) is 29.3. The van der Waals surface area contributed by atoms with Crippen LogP contribution in [0.2, 0.25) is 0 Å². The lowest BCUT2D eigenvalue weighted by atomic mass is 10.0. The first-order chi connectivity index (χ1) is 22.6. The minimum atomic E-state index is -4.71. The number of carbonyl (C=O) groups excluding carboxylic acids is 3. The molecule has 1 unspecified atom stereocenters. The topological polar surface area (TPSA) is 114 Å². The lowest BCUT2D eigenvalue weighted by Gasteiger charge is -2.27. The fourth-order valence-corrected chi connectivity index (χ4v) is 6.72. The second kappa shape index (κ2) is 10.5. The molecule has 1 aliphatic carbocycles. The van der Waals surface area contributed by atoms with E-state index in [4.69, 9.17) is 1.37 Å². The van der Waals surface area contributed by atoms with Crippen molar-refractivity contribution in [2.75, 3.05) is 5.32 Å². The number of piperidine rings is 1. The predicted octanol–water partition coefficient (Wildman–Crippen LogP) is 5.91. The number of hydrogen-bond acceptors (Lipinski definition) is 6. The molecule has 10 nitrogen and oxygen atoms in total. The molecule has 0 spiro atoms. The molecule has 4 atom stereocenters. The molecule has 0 radical (unpaired) electrons. The van der Waals surface area contributed by atoms with Crippen molar-refractivity contribution in [3.63, 3.8) is 0 Å². The van der Waals surface area contributed by atoms with Gasteiger partial charge in [-0.15, -0.1) is 0 Å². The number of halogens is 3. The molecule has 13 heteroatoms. The third-order valence-electron chi connectivity index (χ3n) is 9.21. The molecule has 2 amide bonds. The van der Waals surface area contributed by atoms with Crippen LogP contribution in [0.4, 0.5) is 19.0 Å². The Morgan fingerprint density at radius 2 is 1.85 bits per heavy atom. The van der Waals surface area contributed by atoms with Gasteiger partial charge in [0.05, 0.1) is 11.2 Å². The highest BCUT2D eigenvalue weighted by Crippen LogP contribution is 2.59. The maximum absolute atomic E-state index is 14.1. The quantitative estimate of drug-likeness (QED) is 0.230. The molecule has 4 aromatic heterocycles. The molecule has 0 bridgehead atoms. The number of carbonyl (C=O) groups is 3. The Kier molecular flexibility index (Phi) is 6.54. The van der Waals surface area contributed by atoms with Gasteiger partial charge in [-0.2, -0.15) is 18.3 Å². The van der Waals surface area contributed by atoms with Gasteiger partial charge in [-0.05, 0) is 80.8 Å². The fraction of sp³-hybridized carbons (Fsp3) is 0.353. The Morgan fingerprint density at radius 1 is 1.09 bits per heavy atom. The van der Waals surface area contributed by atoms with Crippen molar-refractivity contribution in [1.82, 2.24) is 29.0 Å². The van der Waals surface area contributed by atoms with E-state index in [1.807, 2.05) is 45.2 Å². The number of fused-ring (bicyclic) bond motifs is 3. The van der Waals surface area contributed by atoms with E-state index >= 15 is 0 Å². The van der Waals surface area contributed by atoms with Crippen LogP contribution < -0.4 is 5.32 Å². The number of alkyl halides is 3. The minimum absolute atomic E-state index is 0.192. The van der Waals surface area contributed by atoms with Gasteiger partial charge in [0.25, 0.3) is 0 Å². The zero-order chi connectivity index (χ0) is 34.4. The second-order valence-corrected chi connectivity index (χ2v) is 12.8. The normalized spacial score (nSPS) is 22.4. The molecule has 7 rings (SSSR count). The summed E-state index contributed by atoms with van der Waals surface area (Å²) in [5.41, 5.74) is 3.55. The van der Waals surface area contributed by atoms with Gasteiger partial charge >= 0.3 is 6.18 Å². The summed E-state index contributed by atoms with van der Waals surface area (Å²) in [6.07, 6.45) is 0.0494. The highest BCUT2D eigenvalue weighted by atomic mass is 19.4. The number of likely N-dealkylation sites (tertiary alicyclic amines) is 1. The van der Waals surface area contributed by atoms with Crippen LogP contribution in [0, 0.1) is 26.2 Å². The number of rotatable bonds is 6. The highest BCUT2D eigenvalue weighted by molar-refractivity contribution is 6.09. The number of aryl methyl sites for hydroxylation is 3. The van der Waals surface area contributed by atoms with E-state index in [0.29, 0.717) is 34.1 Å². The molecule has 5 heterocycles. The Balaban J connectivity index is 1.21. The molecular formula is C34H32F3N7O3. The lowest BCUT2D eigenvalue weighted by Crippen LogP contribution is -2.46. The molecule has 5 aromatic rings. The van der Waals surface area contributed by atoms with Gasteiger partial charge in [0.1, 0.15) is 24.1 Å². The zero-order valence-corrected chi connectivity index (χ0v) is 26.3. The number of nitrogens with one attached hydrogen (secondary N) is 1. The third kappa shape index (κ3) is 5.23. The maximum Gasteiger partial charge on any atom is 0.433 e. The van der Waals surface area contributed by atoms with E-state index in [1.54, 1.807) is 21.5 Å². The van der Waals surface area contributed by atoms with Crippen molar-refractivity contribution in [2.24, 2.45) is 5.41 Å². The van der Waals surface area contributed by atoms with Gasteiger partial charge in [0.15, 0.2) is 11.4 Å². The number of benzene rings is 1. The number of ketones is 1. The van der Waals surface area contributed by atoms with Crippen molar-refractivity contribution >= 4 is 40.0 Å². The first-order valence-electron chi connectivity index (χ1n) is 15.7. The van der Waals surface area contributed by atoms with Gasteiger partial charge in [-0.1, -0.05) is 13.0 Å². The van der Waals surface area contributed by atoms with Crippen molar-refractivity contribution in [1.29, 1.82) is 0 Å². The van der Waals surface area contributed by atoms with Crippen LogP contribution in [-0.2, 0) is 22.3 Å². The Hall–Kier alpha value is -5.07. The standard InChI is InChI=1S/C34H32F3N7O3/c1-17-6-7-26(34(35,36)37)39-31(17)40-32(47)25-11-33(5)12-27(33)44(25)29(46)16-42-15-24(20(4)45)23-10-21(8-18(2)30(23)42)22-13-38-28-9-19(3)41-43(28)14-22/h6-10,13-15,25,27H,11-12,16H2,1-5H3,(H,39,40,47)/t25-,27+,33-/m0/s1/i11D/t11?,25-,27+,33-. The summed E-state index contributed by atoms with van der Waals surface area (Å²) in [6, 6.07) is 6.12. The maximum atomic E-state index is 14.1. The number of pyridine rings is 1. The molecule has 1 N–H and O–H groups in total. The molecule has 2 fully saturated rings. The van der Waals surface area contributed by atoms with E-state index < -0.39 is 41.5 Å². The van der Waals surface area contributed by atoms with Crippen molar-refractivity contribution < 1.29 is 28.9 Å². The summed E-state index contributed by atoms with van der Waals surface area (Å²) >= 11 is 0. The van der Waals surface area contributed by atoms with Crippen molar-refractivity contribution in [2.45, 2.75) is 72.2 Å². The molecular weight excluding hydrogens is 611 g/mol. The van der Waals surface area contributed by atoms with Gasteiger partial charge in [0.2, 0.25) is 11.8 Å². The zero-order valence-electron chi connectivity index (χ0n) is 27.3. The van der Waals surface area contributed by atoms with Crippen LogP contribution in [0.1, 0.15) is 60.9 Å². The van der Waals surface area contributed by atoms with Crippen LogP contribution in [0.3, 0.4) is 0 Å². The van der Waals surface area contributed by atoms with E-state index in [0.717, 1.165) is 28.5 Å². The summed E-state index contributed by atoms with van der Waals surface area (Å²) in [4.78, 5) is 50.0. The van der Waals surface area contributed by atoms with Crippen LogP contribution in [0.5, 0.6) is 0 Å². The molecule has 1 aliphatic heterocycles. The monoisotopic (exact) mass is 644 g/mol. The van der Waals surface area contributed by atoms with E-state index in [1.165, 1.54) is 24.8 Å². The Morgan fingerprint density at radius 3 is 2.57 bits per heavy atom. The summed E-state index contributed by atoms with van der Waals surface area (Å²) in [7, 11) is 0. The number of hydrogen-bond donors (Lipinski definition) is 1. The molecule has 2 aliphatic rings. The smallest absolute Gasteiger partial charge is 0.337 e. The number of Topliss-reactive ketones (excluding diaryl/α,β-unsaturated/α-hetero) is 1. The highest BCUT2D eigenvalue weighted by Gasteiger charge is 2.64. The summed E-state index contributed by atoms with van der Waals surface area (Å²) in [5.74, 6) is -1.67. The predicted molar refractivity (Wildman–Crippen MR) is 168 cm³/mol. The van der Waals surface area contributed by atoms with Crippen molar-refractivity contribution in [3.05, 3.63) is 77.0 Å². The molecule has 1 aromatic carbocycles.